The van der Waals surface area contributed by atoms with Crippen molar-refractivity contribution in [3.8, 4) is 0 Å². The average Bonchev–Trinajstić information content (AvgIpc) is 2.78. The summed E-state index contributed by atoms with van der Waals surface area (Å²) in [6.07, 6.45) is 3.89. The zero-order valence-corrected chi connectivity index (χ0v) is 12.5. The SMILES string of the molecule is CC(CN1CCCCC1)n1c(=S)[nH]c2c(F)cccc21. The Morgan fingerprint density at radius 2 is 2.05 bits per heavy atom. The van der Waals surface area contributed by atoms with Crippen molar-refractivity contribution in [2.75, 3.05) is 19.6 Å². The Bertz CT molecular complexity index is 655. The van der Waals surface area contributed by atoms with Gasteiger partial charge in [0.2, 0.25) is 0 Å². The van der Waals surface area contributed by atoms with Gasteiger partial charge >= 0.3 is 0 Å². The van der Waals surface area contributed by atoms with Crippen LogP contribution < -0.4 is 0 Å². The number of likely N-dealkylation sites (tertiary alicyclic amines) is 1. The molecule has 1 unspecified atom stereocenters. The van der Waals surface area contributed by atoms with Gasteiger partial charge in [-0.25, -0.2) is 4.39 Å². The summed E-state index contributed by atoms with van der Waals surface area (Å²) >= 11 is 5.38. The number of aromatic nitrogens is 2. The number of aromatic amines is 1. The average molecular weight is 293 g/mol. The van der Waals surface area contributed by atoms with E-state index in [1.165, 1.54) is 25.3 Å². The minimum atomic E-state index is -0.238. The van der Waals surface area contributed by atoms with E-state index in [1.54, 1.807) is 6.07 Å². The molecule has 3 rings (SSSR count). The van der Waals surface area contributed by atoms with Crippen LogP contribution in [0.3, 0.4) is 0 Å². The van der Waals surface area contributed by atoms with Crippen molar-refractivity contribution in [3.05, 3.63) is 28.8 Å². The first-order chi connectivity index (χ1) is 9.66. The molecular formula is C15H20FN3S. The molecule has 1 atom stereocenters. The van der Waals surface area contributed by atoms with Gasteiger partial charge in [0.15, 0.2) is 4.77 Å². The molecule has 5 heteroatoms. The van der Waals surface area contributed by atoms with Crippen molar-refractivity contribution in [1.82, 2.24) is 14.5 Å². The van der Waals surface area contributed by atoms with Gasteiger partial charge in [0.05, 0.1) is 5.52 Å². The highest BCUT2D eigenvalue weighted by Gasteiger charge is 2.17. The third-order valence-corrected chi connectivity index (χ3v) is 4.41. The summed E-state index contributed by atoms with van der Waals surface area (Å²) in [6.45, 7) is 5.45. The number of nitrogens with one attached hydrogen (secondary N) is 1. The normalized spacial score (nSPS) is 18.5. The molecule has 3 nitrogen and oxygen atoms in total. The van der Waals surface area contributed by atoms with E-state index < -0.39 is 0 Å². The zero-order chi connectivity index (χ0) is 14.1. The number of halogens is 1. The Morgan fingerprint density at radius 3 is 2.80 bits per heavy atom. The molecule has 108 valence electrons. The number of rotatable bonds is 3. The van der Waals surface area contributed by atoms with Crippen LogP contribution in [0.15, 0.2) is 18.2 Å². The molecule has 1 saturated heterocycles. The van der Waals surface area contributed by atoms with Gasteiger partial charge in [-0.05, 0) is 57.2 Å². The lowest BCUT2D eigenvalue weighted by molar-refractivity contribution is 0.202. The van der Waals surface area contributed by atoms with Crippen LogP contribution in [-0.2, 0) is 0 Å². The molecule has 1 aliphatic rings. The third kappa shape index (κ3) is 2.52. The lowest BCUT2D eigenvalue weighted by atomic mass is 10.1. The van der Waals surface area contributed by atoms with Gasteiger partial charge in [-0.15, -0.1) is 0 Å². The van der Waals surface area contributed by atoms with Gasteiger partial charge in [0.25, 0.3) is 0 Å². The summed E-state index contributed by atoms with van der Waals surface area (Å²) in [7, 11) is 0. The van der Waals surface area contributed by atoms with Gasteiger partial charge in [-0.3, -0.25) is 0 Å². The number of imidazole rings is 1. The first-order valence-electron chi connectivity index (χ1n) is 7.28. The van der Waals surface area contributed by atoms with E-state index in [-0.39, 0.29) is 11.9 Å². The molecule has 0 aliphatic carbocycles. The number of para-hydroxylation sites is 1. The van der Waals surface area contributed by atoms with E-state index in [0.29, 0.717) is 10.3 Å². The number of H-pyrrole nitrogens is 1. The van der Waals surface area contributed by atoms with Gasteiger partial charge in [-0.1, -0.05) is 12.5 Å². The molecule has 1 aromatic heterocycles. The predicted octanol–water partition coefficient (Wildman–Crippen LogP) is 3.88. The summed E-state index contributed by atoms with van der Waals surface area (Å²) in [4.78, 5) is 5.48. The molecule has 2 heterocycles. The maximum atomic E-state index is 13.8. The van der Waals surface area contributed by atoms with Crippen LogP contribution in [0.2, 0.25) is 0 Å². The van der Waals surface area contributed by atoms with Gasteiger partial charge in [0.1, 0.15) is 11.3 Å². The van der Waals surface area contributed by atoms with Crippen molar-refractivity contribution in [1.29, 1.82) is 0 Å². The van der Waals surface area contributed by atoms with E-state index in [0.717, 1.165) is 25.2 Å². The molecule has 1 fully saturated rings. The monoisotopic (exact) mass is 293 g/mol. The van der Waals surface area contributed by atoms with Crippen LogP contribution in [0.25, 0.3) is 11.0 Å². The second kappa shape index (κ2) is 5.66. The summed E-state index contributed by atoms with van der Waals surface area (Å²) in [5.74, 6) is -0.238. The number of fused-ring (bicyclic) bond motifs is 1. The van der Waals surface area contributed by atoms with Crippen LogP contribution in [0.1, 0.15) is 32.2 Å². The standard InChI is InChI=1S/C15H20FN3S/c1-11(10-18-8-3-2-4-9-18)19-13-7-5-6-12(16)14(13)17-15(19)20/h5-7,11H,2-4,8-10H2,1H3,(H,17,20). The summed E-state index contributed by atoms with van der Waals surface area (Å²) in [6, 6.07) is 5.38. The maximum absolute atomic E-state index is 13.8. The number of piperidine rings is 1. The highest BCUT2D eigenvalue weighted by Crippen LogP contribution is 2.22. The Labute approximate surface area is 123 Å². The molecule has 0 amide bonds. The topological polar surface area (TPSA) is 24.0 Å². The molecule has 0 bridgehead atoms. The summed E-state index contributed by atoms with van der Waals surface area (Å²) in [5.41, 5.74) is 1.38. The van der Waals surface area contributed by atoms with Crippen LogP contribution in [0.4, 0.5) is 4.39 Å². The van der Waals surface area contributed by atoms with E-state index >= 15 is 0 Å². The van der Waals surface area contributed by atoms with Crippen molar-refractivity contribution in [3.63, 3.8) is 0 Å². The Hall–Kier alpha value is -1.20. The van der Waals surface area contributed by atoms with Crippen LogP contribution in [-0.4, -0.2) is 34.1 Å². The first-order valence-corrected chi connectivity index (χ1v) is 7.69. The Morgan fingerprint density at radius 1 is 1.30 bits per heavy atom. The van der Waals surface area contributed by atoms with Crippen molar-refractivity contribution >= 4 is 23.3 Å². The van der Waals surface area contributed by atoms with Crippen molar-refractivity contribution in [2.24, 2.45) is 0 Å². The number of hydrogen-bond donors (Lipinski definition) is 1. The molecule has 1 aliphatic heterocycles. The summed E-state index contributed by atoms with van der Waals surface area (Å²) in [5, 5.41) is 0. The Balaban J connectivity index is 1.91. The highest BCUT2D eigenvalue weighted by atomic mass is 32.1. The summed E-state index contributed by atoms with van der Waals surface area (Å²) < 4.78 is 16.5. The Kier molecular flexibility index (Phi) is 3.89. The molecular weight excluding hydrogens is 273 g/mol. The van der Waals surface area contributed by atoms with Crippen molar-refractivity contribution in [2.45, 2.75) is 32.2 Å². The van der Waals surface area contributed by atoms with E-state index in [2.05, 4.69) is 16.8 Å². The predicted molar refractivity (Wildman–Crippen MR) is 82.1 cm³/mol. The van der Waals surface area contributed by atoms with E-state index in [9.17, 15) is 4.39 Å². The minimum absolute atomic E-state index is 0.238. The van der Waals surface area contributed by atoms with Crippen LogP contribution in [0, 0.1) is 10.6 Å². The highest BCUT2D eigenvalue weighted by molar-refractivity contribution is 7.71. The second-order valence-electron chi connectivity index (χ2n) is 5.64. The number of benzene rings is 1. The van der Waals surface area contributed by atoms with Gasteiger partial charge < -0.3 is 14.5 Å². The van der Waals surface area contributed by atoms with Crippen LogP contribution in [0.5, 0.6) is 0 Å². The fourth-order valence-electron chi connectivity index (χ4n) is 3.15. The van der Waals surface area contributed by atoms with Gasteiger partial charge in [0, 0.05) is 12.6 Å². The fourth-order valence-corrected chi connectivity index (χ4v) is 3.53. The largest absolute Gasteiger partial charge is 0.328 e. The quantitative estimate of drug-likeness (QED) is 0.868. The lowest BCUT2D eigenvalue weighted by Gasteiger charge is -2.29. The molecule has 1 N–H and O–H groups in total. The first kappa shape index (κ1) is 13.8. The van der Waals surface area contributed by atoms with E-state index in [1.807, 2.05) is 10.6 Å². The fraction of sp³-hybridized carbons (Fsp3) is 0.533. The minimum Gasteiger partial charge on any atom is -0.328 e. The third-order valence-electron chi connectivity index (χ3n) is 4.11. The smallest absolute Gasteiger partial charge is 0.178 e. The van der Waals surface area contributed by atoms with Crippen molar-refractivity contribution < 1.29 is 4.39 Å². The number of hydrogen-bond acceptors (Lipinski definition) is 2. The van der Waals surface area contributed by atoms with E-state index in [4.69, 9.17) is 12.2 Å². The number of nitrogens with zero attached hydrogens (tertiary/aromatic N) is 2. The second-order valence-corrected chi connectivity index (χ2v) is 6.03. The zero-order valence-electron chi connectivity index (χ0n) is 11.7. The molecule has 20 heavy (non-hydrogen) atoms. The molecule has 0 saturated carbocycles. The molecule has 1 aromatic carbocycles. The molecule has 2 aromatic rings. The maximum Gasteiger partial charge on any atom is 0.178 e. The van der Waals surface area contributed by atoms with Gasteiger partial charge in [-0.2, -0.15) is 0 Å². The van der Waals surface area contributed by atoms with Crippen LogP contribution >= 0.6 is 12.2 Å². The lowest BCUT2D eigenvalue weighted by Crippen LogP contribution is -2.34. The molecule has 0 radical (unpaired) electrons. The molecule has 0 spiro atoms.